The zero-order valence-corrected chi connectivity index (χ0v) is 9.27. The largest absolute Gasteiger partial charge is 0.306 e. The monoisotopic (exact) mass is 230 g/mol. The summed E-state index contributed by atoms with van der Waals surface area (Å²) >= 11 is 0. The average Bonchev–Trinajstić information content (AvgIpc) is 2.32. The summed E-state index contributed by atoms with van der Waals surface area (Å²) in [6, 6.07) is 9.16. The molecule has 0 saturated heterocycles. The molecule has 2 rings (SSSR count). The highest BCUT2D eigenvalue weighted by Crippen LogP contribution is 2.11. The summed E-state index contributed by atoms with van der Waals surface area (Å²) in [5.41, 5.74) is 1.13. The third-order valence-electron chi connectivity index (χ3n) is 2.33. The lowest BCUT2D eigenvalue weighted by molar-refractivity contribution is 0.102. The zero-order valence-electron chi connectivity index (χ0n) is 9.27. The van der Waals surface area contributed by atoms with E-state index >= 15 is 0 Å². The molecular weight excluding hydrogens is 219 g/mol. The molecule has 1 N–H and O–H groups in total. The molecule has 0 spiro atoms. The van der Waals surface area contributed by atoms with Gasteiger partial charge < -0.3 is 5.32 Å². The Balaban J connectivity index is 2.20. The standard InChI is InChI=1S/C13H11FN2O/c1-9-4-3-7-15-12(9)16-13(17)10-5-2-6-11(14)8-10/h2-8H,1H3,(H,15,16,17). The van der Waals surface area contributed by atoms with Crippen molar-refractivity contribution < 1.29 is 9.18 Å². The van der Waals surface area contributed by atoms with Gasteiger partial charge in [-0.15, -0.1) is 0 Å². The average molecular weight is 230 g/mol. The maximum atomic E-state index is 12.9. The van der Waals surface area contributed by atoms with E-state index in [0.29, 0.717) is 5.82 Å². The smallest absolute Gasteiger partial charge is 0.256 e. The molecule has 2 aromatic rings. The van der Waals surface area contributed by atoms with Gasteiger partial charge in [-0.2, -0.15) is 0 Å². The third kappa shape index (κ3) is 2.66. The number of halogens is 1. The third-order valence-corrected chi connectivity index (χ3v) is 2.33. The number of hydrogen-bond acceptors (Lipinski definition) is 2. The van der Waals surface area contributed by atoms with Crippen molar-refractivity contribution in [1.82, 2.24) is 4.98 Å². The van der Waals surface area contributed by atoms with Gasteiger partial charge in [0.1, 0.15) is 11.6 Å². The highest BCUT2D eigenvalue weighted by molar-refractivity contribution is 6.04. The zero-order chi connectivity index (χ0) is 12.3. The van der Waals surface area contributed by atoms with Crippen molar-refractivity contribution in [1.29, 1.82) is 0 Å². The van der Waals surface area contributed by atoms with E-state index in [0.717, 1.165) is 5.56 Å². The van der Waals surface area contributed by atoms with E-state index in [-0.39, 0.29) is 11.5 Å². The van der Waals surface area contributed by atoms with Crippen LogP contribution in [0, 0.1) is 12.7 Å². The number of rotatable bonds is 2. The molecule has 0 fully saturated rings. The number of nitrogens with one attached hydrogen (secondary N) is 1. The minimum Gasteiger partial charge on any atom is -0.306 e. The molecule has 1 heterocycles. The van der Waals surface area contributed by atoms with Crippen molar-refractivity contribution in [2.24, 2.45) is 0 Å². The minimum absolute atomic E-state index is 0.273. The number of nitrogens with zero attached hydrogens (tertiary/aromatic N) is 1. The van der Waals surface area contributed by atoms with E-state index in [1.54, 1.807) is 18.3 Å². The van der Waals surface area contributed by atoms with Crippen LogP contribution in [0.3, 0.4) is 0 Å². The van der Waals surface area contributed by atoms with Crippen LogP contribution in [0.2, 0.25) is 0 Å². The summed E-state index contributed by atoms with van der Waals surface area (Å²) in [5.74, 6) is -0.316. The maximum Gasteiger partial charge on any atom is 0.256 e. The van der Waals surface area contributed by atoms with Crippen molar-refractivity contribution in [3.8, 4) is 0 Å². The van der Waals surface area contributed by atoms with Crippen LogP contribution in [0.1, 0.15) is 15.9 Å². The summed E-state index contributed by atoms with van der Waals surface area (Å²) in [6.07, 6.45) is 1.59. The highest BCUT2D eigenvalue weighted by Gasteiger charge is 2.08. The van der Waals surface area contributed by atoms with E-state index < -0.39 is 5.82 Å². The van der Waals surface area contributed by atoms with Crippen molar-refractivity contribution in [2.45, 2.75) is 6.92 Å². The molecule has 0 aliphatic rings. The van der Waals surface area contributed by atoms with Crippen LogP contribution < -0.4 is 5.32 Å². The second kappa shape index (κ2) is 4.74. The normalized spacial score (nSPS) is 10.0. The molecule has 1 aromatic heterocycles. The number of pyridine rings is 1. The Morgan fingerprint density at radius 2 is 2.12 bits per heavy atom. The fourth-order valence-electron chi connectivity index (χ4n) is 1.43. The van der Waals surface area contributed by atoms with Gasteiger partial charge in [0.15, 0.2) is 0 Å². The summed E-state index contributed by atoms with van der Waals surface area (Å²) in [6.45, 7) is 1.84. The SMILES string of the molecule is Cc1cccnc1NC(=O)c1cccc(F)c1. The van der Waals surface area contributed by atoms with Gasteiger partial charge in [-0.05, 0) is 36.8 Å². The van der Waals surface area contributed by atoms with E-state index in [1.807, 2.05) is 13.0 Å². The van der Waals surface area contributed by atoms with Crippen LogP contribution in [0.25, 0.3) is 0 Å². The molecule has 1 aromatic carbocycles. The fraction of sp³-hybridized carbons (Fsp3) is 0.0769. The lowest BCUT2D eigenvalue weighted by atomic mass is 10.2. The number of anilines is 1. The van der Waals surface area contributed by atoms with E-state index in [4.69, 9.17) is 0 Å². The van der Waals surface area contributed by atoms with Gasteiger partial charge in [-0.1, -0.05) is 12.1 Å². The second-order valence-corrected chi connectivity index (χ2v) is 3.63. The molecule has 0 aliphatic heterocycles. The van der Waals surface area contributed by atoms with Crippen LogP contribution in [0.15, 0.2) is 42.6 Å². The number of benzene rings is 1. The van der Waals surface area contributed by atoms with Gasteiger partial charge in [0.25, 0.3) is 5.91 Å². The van der Waals surface area contributed by atoms with Crippen molar-refractivity contribution in [3.05, 3.63) is 59.5 Å². The molecule has 0 bridgehead atoms. The molecule has 86 valence electrons. The van der Waals surface area contributed by atoms with Gasteiger partial charge in [-0.3, -0.25) is 4.79 Å². The van der Waals surface area contributed by atoms with E-state index in [9.17, 15) is 9.18 Å². The van der Waals surface area contributed by atoms with Crippen LogP contribution >= 0.6 is 0 Å². The molecule has 0 aliphatic carbocycles. The van der Waals surface area contributed by atoms with Crippen LogP contribution in [0.5, 0.6) is 0 Å². The molecule has 4 heteroatoms. The first-order valence-electron chi connectivity index (χ1n) is 5.15. The van der Waals surface area contributed by atoms with Crippen LogP contribution in [-0.2, 0) is 0 Å². The fourth-order valence-corrected chi connectivity index (χ4v) is 1.43. The maximum absolute atomic E-state index is 12.9. The quantitative estimate of drug-likeness (QED) is 0.861. The number of carbonyl (C=O) groups is 1. The Morgan fingerprint density at radius 3 is 2.82 bits per heavy atom. The summed E-state index contributed by atoms with van der Waals surface area (Å²) < 4.78 is 12.9. The highest BCUT2D eigenvalue weighted by atomic mass is 19.1. The number of amides is 1. The minimum atomic E-state index is -0.435. The molecule has 17 heavy (non-hydrogen) atoms. The van der Waals surface area contributed by atoms with Crippen molar-refractivity contribution >= 4 is 11.7 Å². The van der Waals surface area contributed by atoms with E-state index in [1.165, 1.54) is 18.2 Å². The van der Waals surface area contributed by atoms with Gasteiger partial charge in [-0.25, -0.2) is 9.37 Å². The first kappa shape index (κ1) is 11.3. The summed E-state index contributed by atoms with van der Waals surface area (Å²) in [4.78, 5) is 15.8. The lowest BCUT2D eigenvalue weighted by Crippen LogP contribution is -2.13. The molecule has 3 nitrogen and oxygen atoms in total. The van der Waals surface area contributed by atoms with Crippen molar-refractivity contribution in [2.75, 3.05) is 5.32 Å². The Bertz CT molecular complexity index is 555. The summed E-state index contributed by atoms with van der Waals surface area (Å²) in [5, 5.41) is 2.64. The van der Waals surface area contributed by atoms with Crippen LogP contribution in [-0.4, -0.2) is 10.9 Å². The lowest BCUT2D eigenvalue weighted by Gasteiger charge is -2.06. The first-order valence-corrected chi connectivity index (χ1v) is 5.15. The van der Waals surface area contributed by atoms with E-state index in [2.05, 4.69) is 10.3 Å². The molecule has 1 amide bonds. The predicted octanol–water partition coefficient (Wildman–Crippen LogP) is 2.78. The Hall–Kier alpha value is -2.23. The van der Waals surface area contributed by atoms with Gasteiger partial charge in [0, 0.05) is 11.8 Å². The molecule has 0 atom stereocenters. The Kier molecular flexibility index (Phi) is 3.14. The molecule has 0 radical (unpaired) electrons. The molecule has 0 saturated carbocycles. The van der Waals surface area contributed by atoms with Crippen molar-refractivity contribution in [3.63, 3.8) is 0 Å². The topological polar surface area (TPSA) is 42.0 Å². The van der Waals surface area contributed by atoms with Gasteiger partial charge >= 0.3 is 0 Å². The first-order chi connectivity index (χ1) is 8.16. The molecular formula is C13H11FN2O. The number of aryl methyl sites for hydroxylation is 1. The number of aromatic nitrogens is 1. The van der Waals surface area contributed by atoms with Crippen LogP contribution in [0.4, 0.5) is 10.2 Å². The molecule has 0 unspecified atom stereocenters. The number of hydrogen-bond donors (Lipinski definition) is 1. The predicted molar refractivity (Wildman–Crippen MR) is 63.3 cm³/mol. The summed E-state index contributed by atoms with van der Waals surface area (Å²) in [7, 11) is 0. The Labute approximate surface area is 98.3 Å². The van der Waals surface area contributed by atoms with Gasteiger partial charge in [0.05, 0.1) is 0 Å². The second-order valence-electron chi connectivity index (χ2n) is 3.63. The number of carbonyl (C=O) groups excluding carboxylic acids is 1. The van der Waals surface area contributed by atoms with Gasteiger partial charge in [0.2, 0.25) is 0 Å². The Morgan fingerprint density at radius 1 is 1.29 bits per heavy atom.